The molecule has 1 saturated heterocycles. The van der Waals surface area contributed by atoms with Crippen molar-refractivity contribution in [2.24, 2.45) is 0 Å². The van der Waals surface area contributed by atoms with Crippen molar-refractivity contribution in [2.45, 2.75) is 31.7 Å². The van der Waals surface area contributed by atoms with Crippen LogP contribution in [0.5, 0.6) is 0 Å². The van der Waals surface area contributed by atoms with Crippen molar-refractivity contribution in [3.63, 3.8) is 0 Å². The predicted octanol–water partition coefficient (Wildman–Crippen LogP) is 0.951. The minimum Gasteiger partial charge on any atom is -0.480 e. The lowest BCUT2D eigenvalue weighted by Gasteiger charge is -2.33. The number of thiophene rings is 1. The Balaban J connectivity index is 1.91. The Labute approximate surface area is 132 Å². The van der Waals surface area contributed by atoms with E-state index in [1.54, 1.807) is 16.7 Å². The number of carbonyl (C=O) groups excluding carboxylic acids is 1. The van der Waals surface area contributed by atoms with Gasteiger partial charge in [-0.15, -0.1) is 11.3 Å². The van der Waals surface area contributed by atoms with E-state index in [1.165, 1.54) is 9.78 Å². The third kappa shape index (κ3) is 2.77. The summed E-state index contributed by atoms with van der Waals surface area (Å²) in [6.45, 7) is -0.0528. The zero-order valence-electron chi connectivity index (χ0n) is 11.9. The molecule has 1 aromatic heterocycles. The van der Waals surface area contributed by atoms with E-state index in [1.807, 2.05) is 0 Å². The standard InChI is InChI=1S/C14H17NO5S2/c16-13(10-7-21-12-4-2-1-3-9(10)12)15-5-6-22(19,20)8-11(15)14(17)18/h7,11H,1-6,8H2,(H,17,18). The highest BCUT2D eigenvalue weighted by molar-refractivity contribution is 7.91. The van der Waals surface area contributed by atoms with Gasteiger partial charge < -0.3 is 10.0 Å². The molecule has 120 valence electrons. The molecule has 1 aliphatic carbocycles. The monoisotopic (exact) mass is 343 g/mol. The number of rotatable bonds is 2. The molecule has 2 aliphatic rings. The molecule has 3 rings (SSSR count). The maximum atomic E-state index is 12.7. The van der Waals surface area contributed by atoms with Crippen LogP contribution in [-0.4, -0.2) is 54.4 Å². The van der Waals surface area contributed by atoms with Crippen LogP contribution < -0.4 is 0 Å². The molecule has 22 heavy (non-hydrogen) atoms. The fraction of sp³-hybridized carbons (Fsp3) is 0.571. The molecule has 1 unspecified atom stereocenters. The van der Waals surface area contributed by atoms with Crippen molar-refractivity contribution in [1.82, 2.24) is 4.90 Å². The Hall–Kier alpha value is -1.41. The minimum atomic E-state index is -3.40. The number of carboxylic acids is 1. The second-order valence-electron chi connectivity index (χ2n) is 5.73. The average molecular weight is 343 g/mol. The number of carboxylic acid groups (broad SMARTS) is 1. The molecule has 0 saturated carbocycles. The van der Waals surface area contributed by atoms with E-state index in [0.29, 0.717) is 5.56 Å². The number of amides is 1. The zero-order chi connectivity index (χ0) is 15.9. The highest BCUT2D eigenvalue weighted by Gasteiger charge is 2.39. The predicted molar refractivity (Wildman–Crippen MR) is 82.1 cm³/mol. The maximum Gasteiger partial charge on any atom is 0.327 e. The van der Waals surface area contributed by atoms with Gasteiger partial charge in [0.1, 0.15) is 6.04 Å². The molecule has 8 heteroatoms. The van der Waals surface area contributed by atoms with Gasteiger partial charge in [0.25, 0.3) is 5.91 Å². The van der Waals surface area contributed by atoms with Gasteiger partial charge in [0.2, 0.25) is 0 Å². The Morgan fingerprint density at radius 2 is 2.00 bits per heavy atom. The first-order chi connectivity index (χ1) is 10.4. The fourth-order valence-corrected chi connectivity index (χ4v) is 5.65. The summed E-state index contributed by atoms with van der Waals surface area (Å²) in [5.74, 6) is -2.28. The molecule has 6 nitrogen and oxygen atoms in total. The molecule has 2 heterocycles. The smallest absolute Gasteiger partial charge is 0.327 e. The molecule has 1 aliphatic heterocycles. The average Bonchev–Trinajstić information content (AvgIpc) is 2.89. The Morgan fingerprint density at radius 1 is 1.27 bits per heavy atom. The second-order valence-corrected chi connectivity index (χ2v) is 8.92. The van der Waals surface area contributed by atoms with E-state index in [9.17, 15) is 23.1 Å². The van der Waals surface area contributed by atoms with Crippen molar-refractivity contribution >= 4 is 33.1 Å². The van der Waals surface area contributed by atoms with E-state index in [2.05, 4.69) is 0 Å². The van der Waals surface area contributed by atoms with Gasteiger partial charge in [0.15, 0.2) is 9.84 Å². The van der Waals surface area contributed by atoms with Gasteiger partial charge in [-0.25, -0.2) is 13.2 Å². The summed E-state index contributed by atoms with van der Waals surface area (Å²) in [5, 5.41) is 11.1. The van der Waals surface area contributed by atoms with Crippen LogP contribution in [0.25, 0.3) is 0 Å². The Bertz CT molecular complexity index is 722. The fourth-order valence-electron chi connectivity index (χ4n) is 3.08. The van der Waals surface area contributed by atoms with Gasteiger partial charge in [0.05, 0.1) is 17.1 Å². The summed E-state index contributed by atoms with van der Waals surface area (Å²) in [6.07, 6.45) is 3.94. The van der Waals surface area contributed by atoms with Crippen LogP contribution >= 0.6 is 11.3 Å². The zero-order valence-corrected chi connectivity index (χ0v) is 13.6. The Morgan fingerprint density at radius 3 is 2.73 bits per heavy atom. The summed E-state index contributed by atoms with van der Waals surface area (Å²) >= 11 is 1.54. The number of fused-ring (bicyclic) bond motifs is 1. The Kier molecular flexibility index (Phi) is 3.98. The highest BCUT2D eigenvalue weighted by Crippen LogP contribution is 2.31. The molecular formula is C14H17NO5S2. The van der Waals surface area contributed by atoms with Gasteiger partial charge in [-0.05, 0) is 31.2 Å². The van der Waals surface area contributed by atoms with Gasteiger partial charge in [-0.3, -0.25) is 4.79 Å². The lowest BCUT2D eigenvalue weighted by Crippen LogP contribution is -2.54. The van der Waals surface area contributed by atoms with Crippen LogP contribution in [0, 0.1) is 0 Å². The van der Waals surface area contributed by atoms with E-state index >= 15 is 0 Å². The topological polar surface area (TPSA) is 91.8 Å². The molecule has 1 atom stereocenters. The molecule has 1 aromatic rings. The van der Waals surface area contributed by atoms with E-state index in [0.717, 1.165) is 31.2 Å². The summed E-state index contributed by atoms with van der Waals surface area (Å²) in [4.78, 5) is 26.5. The van der Waals surface area contributed by atoms with Gasteiger partial charge in [-0.1, -0.05) is 0 Å². The number of hydrogen-bond acceptors (Lipinski definition) is 5. The molecule has 1 N–H and O–H groups in total. The largest absolute Gasteiger partial charge is 0.480 e. The molecule has 0 radical (unpaired) electrons. The third-order valence-electron chi connectivity index (χ3n) is 4.27. The van der Waals surface area contributed by atoms with Crippen molar-refractivity contribution in [3.8, 4) is 0 Å². The summed E-state index contributed by atoms with van der Waals surface area (Å²) < 4.78 is 23.3. The van der Waals surface area contributed by atoms with Crippen LogP contribution in [0.4, 0.5) is 0 Å². The SMILES string of the molecule is O=C(O)C1CS(=O)(=O)CCN1C(=O)c1csc2c1CCCC2. The normalized spacial score (nSPS) is 23.8. The first kappa shape index (κ1) is 15.5. The number of hydrogen-bond donors (Lipinski definition) is 1. The molecule has 0 bridgehead atoms. The summed E-state index contributed by atoms with van der Waals surface area (Å²) in [6, 6.07) is -1.29. The lowest BCUT2D eigenvalue weighted by molar-refractivity contribution is -0.141. The number of carbonyl (C=O) groups is 2. The van der Waals surface area contributed by atoms with E-state index in [4.69, 9.17) is 0 Å². The highest BCUT2D eigenvalue weighted by atomic mass is 32.2. The summed E-state index contributed by atoms with van der Waals surface area (Å²) in [5.41, 5.74) is 1.59. The van der Waals surface area contributed by atoms with Crippen LogP contribution in [-0.2, 0) is 27.5 Å². The maximum absolute atomic E-state index is 12.7. The molecule has 1 fully saturated rings. The van der Waals surface area contributed by atoms with Crippen LogP contribution in [0.3, 0.4) is 0 Å². The van der Waals surface area contributed by atoms with Crippen molar-refractivity contribution in [2.75, 3.05) is 18.1 Å². The molecule has 1 amide bonds. The molecular weight excluding hydrogens is 326 g/mol. The second kappa shape index (κ2) is 5.66. The first-order valence-electron chi connectivity index (χ1n) is 7.22. The number of aliphatic carboxylic acids is 1. The van der Waals surface area contributed by atoms with Crippen molar-refractivity contribution < 1.29 is 23.1 Å². The van der Waals surface area contributed by atoms with Gasteiger partial charge in [-0.2, -0.15) is 0 Å². The van der Waals surface area contributed by atoms with Crippen molar-refractivity contribution in [3.05, 3.63) is 21.4 Å². The van der Waals surface area contributed by atoms with E-state index in [-0.39, 0.29) is 18.2 Å². The quantitative estimate of drug-likeness (QED) is 0.863. The van der Waals surface area contributed by atoms with Gasteiger partial charge in [0, 0.05) is 16.8 Å². The number of nitrogens with zero attached hydrogens (tertiary/aromatic N) is 1. The third-order valence-corrected chi connectivity index (χ3v) is 6.99. The summed E-state index contributed by atoms with van der Waals surface area (Å²) in [7, 11) is -3.40. The minimum absolute atomic E-state index is 0.0528. The van der Waals surface area contributed by atoms with Crippen molar-refractivity contribution in [1.29, 1.82) is 0 Å². The number of sulfone groups is 1. The lowest BCUT2D eigenvalue weighted by atomic mass is 9.95. The van der Waals surface area contributed by atoms with Crippen LogP contribution in [0.1, 0.15) is 33.6 Å². The molecule has 0 aromatic carbocycles. The number of aryl methyl sites for hydroxylation is 1. The molecule has 0 spiro atoms. The van der Waals surface area contributed by atoms with E-state index < -0.39 is 27.6 Å². The van der Waals surface area contributed by atoms with Crippen LogP contribution in [0.2, 0.25) is 0 Å². The first-order valence-corrected chi connectivity index (χ1v) is 9.92. The van der Waals surface area contributed by atoms with Gasteiger partial charge >= 0.3 is 5.97 Å². The van der Waals surface area contributed by atoms with Crippen LogP contribution in [0.15, 0.2) is 5.38 Å².